The first-order chi connectivity index (χ1) is 18.8. The Morgan fingerprint density at radius 1 is 1.18 bits per heavy atom. The maximum Gasteiger partial charge on any atom is 0.408 e. The van der Waals surface area contributed by atoms with Gasteiger partial charge in [0.1, 0.15) is 6.10 Å². The van der Waals surface area contributed by atoms with Crippen molar-refractivity contribution < 1.29 is 28.9 Å². The summed E-state index contributed by atoms with van der Waals surface area (Å²) in [5, 5.41) is 16.2. The van der Waals surface area contributed by atoms with Crippen molar-refractivity contribution in [2.24, 2.45) is 34.5 Å². The van der Waals surface area contributed by atoms with Gasteiger partial charge in [-0.15, -0.1) is 0 Å². The van der Waals surface area contributed by atoms with E-state index in [0.717, 1.165) is 30.4 Å². The van der Waals surface area contributed by atoms with Crippen molar-refractivity contribution in [1.82, 2.24) is 5.32 Å². The van der Waals surface area contributed by atoms with Gasteiger partial charge in [-0.3, -0.25) is 4.79 Å². The molecule has 1 amide bonds. The Labute approximate surface area is 236 Å². The average Bonchev–Trinajstić information content (AvgIpc) is 3.16. The SMILES string of the molecule is CC1=C[C@]23C(=O)[C@@H](C=C4COC(C)(C)O[C@H]4[C@]2(O)[C@H]1OC(=O)NC1CCc2ccccc21)[C@H]1[C@@H](C[C@H]3C)C1(C)C. The molecule has 1 heterocycles. The molecule has 6 aliphatic rings. The van der Waals surface area contributed by atoms with E-state index in [1.54, 1.807) is 0 Å². The van der Waals surface area contributed by atoms with Gasteiger partial charge in [-0.1, -0.05) is 57.2 Å². The van der Waals surface area contributed by atoms with E-state index >= 15 is 0 Å². The lowest BCUT2D eigenvalue weighted by Crippen LogP contribution is -2.68. The number of hydrogen-bond donors (Lipinski definition) is 2. The van der Waals surface area contributed by atoms with Crippen molar-refractivity contribution in [2.75, 3.05) is 6.61 Å². The largest absolute Gasteiger partial charge is 0.438 e. The zero-order valence-electron chi connectivity index (χ0n) is 24.3. The minimum atomic E-state index is -1.80. The molecule has 2 bridgehead atoms. The Morgan fingerprint density at radius 3 is 2.70 bits per heavy atom. The minimum Gasteiger partial charge on any atom is -0.438 e. The number of carbonyl (C=O) groups is 2. The topological polar surface area (TPSA) is 94.1 Å². The number of benzene rings is 1. The first-order valence-electron chi connectivity index (χ1n) is 14.8. The second-order valence-electron chi connectivity index (χ2n) is 14.2. The molecular weight excluding hydrogens is 506 g/mol. The molecule has 1 aliphatic heterocycles. The molecule has 7 nitrogen and oxygen atoms in total. The first-order valence-corrected chi connectivity index (χ1v) is 14.8. The lowest BCUT2D eigenvalue weighted by molar-refractivity contribution is -0.302. The molecule has 2 N–H and O–H groups in total. The second-order valence-corrected chi connectivity index (χ2v) is 14.2. The van der Waals surface area contributed by atoms with Crippen LogP contribution in [0.4, 0.5) is 4.79 Å². The third-order valence-electron chi connectivity index (χ3n) is 11.3. The smallest absolute Gasteiger partial charge is 0.408 e. The molecule has 1 spiro atoms. The number of aryl methyl sites for hydroxylation is 1. The van der Waals surface area contributed by atoms with Crippen LogP contribution in [-0.4, -0.2) is 47.2 Å². The molecule has 7 heteroatoms. The van der Waals surface area contributed by atoms with Gasteiger partial charge in [-0.25, -0.2) is 4.79 Å². The third-order valence-corrected chi connectivity index (χ3v) is 11.3. The summed E-state index contributed by atoms with van der Waals surface area (Å²) in [6, 6.07) is 7.96. The highest BCUT2D eigenvalue weighted by atomic mass is 16.7. The Kier molecular flexibility index (Phi) is 5.48. The molecule has 1 aromatic rings. The van der Waals surface area contributed by atoms with Crippen LogP contribution in [0.25, 0.3) is 0 Å². The summed E-state index contributed by atoms with van der Waals surface area (Å²) in [6.07, 6.45) is 3.96. The molecule has 214 valence electrons. The van der Waals surface area contributed by atoms with Crippen LogP contribution < -0.4 is 5.32 Å². The highest BCUT2D eigenvalue weighted by Gasteiger charge is 2.77. The molecular formula is C33H41NO6. The van der Waals surface area contributed by atoms with Gasteiger partial charge in [0, 0.05) is 5.92 Å². The monoisotopic (exact) mass is 547 g/mol. The van der Waals surface area contributed by atoms with Gasteiger partial charge in [0.15, 0.2) is 23.3 Å². The normalized spacial score (nSPS) is 43.6. The predicted molar refractivity (Wildman–Crippen MR) is 148 cm³/mol. The van der Waals surface area contributed by atoms with Crippen molar-refractivity contribution in [3.63, 3.8) is 0 Å². The quantitative estimate of drug-likeness (QED) is 0.504. The lowest BCUT2D eigenvalue weighted by atomic mass is 9.59. The first kappa shape index (κ1) is 26.4. The molecule has 9 atom stereocenters. The number of rotatable bonds is 2. The van der Waals surface area contributed by atoms with E-state index in [1.165, 1.54) is 5.56 Å². The summed E-state index contributed by atoms with van der Waals surface area (Å²) >= 11 is 0. The standard InChI is InChI=1S/C33H41NO6/c1-17-15-32-18(2)13-23-25(30(23,3)4)22(26(32)35)14-20-16-38-31(5,6)40-28(20)33(32,37)27(17)39-29(36)34-24-12-11-19-9-7-8-10-21(19)24/h7-10,14-15,18,22-25,27-28,37H,11-13,16H2,1-6H3,(H,34,36)/t18-,22+,23-,24?,25+,27+,28-,32+,33-/m1/s1. The average molecular weight is 548 g/mol. The Morgan fingerprint density at radius 2 is 1.93 bits per heavy atom. The number of ketones is 1. The van der Waals surface area contributed by atoms with Crippen molar-refractivity contribution >= 4 is 11.9 Å². The summed E-state index contributed by atoms with van der Waals surface area (Å²) in [5.74, 6) is -0.893. The van der Waals surface area contributed by atoms with Crippen molar-refractivity contribution in [1.29, 1.82) is 0 Å². The van der Waals surface area contributed by atoms with Crippen LogP contribution >= 0.6 is 0 Å². The number of aliphatic hydroxyl groups is 1. The van der Waals surface area contributed by atoms with Crippen molar-refractivity contribution in [3.05, 3.63) is 58.7 Å². The van der Waals surface area contributed by atoms with E-state index in [-0.39, 0.29) is 41.6 Å². The van der Waals surface area contributed by atoms with E-state index in [0.29, 0.717) is 11.5 Å². The molecule has 1 aromatic carbocycles. The van der Waals surface area contributed by atoms with E-state index in [2.05, 4.69) is 32.2 Å². The Hall–Kier alpha value is -2.48. The summed E-state index contributed by atoms with van der Waals surface area (Å²) in [5.41, 5.74) is 0.773. The molecule has 0 aromatic heterocycles. The number of carbonyl (C=O) groups excluding carboxylic acids is 2. The number of alkyl carbamates (subject to hydrolysis) is 1. The highest BCUT2D eigenvalue weighted by Crippen LogP contribution is 2.72. The van der Waals surface area contributed by atoms with Gasteiger partial charge < -0.3 is 24.6 Å². The van der Waals surface area contributed by atoms with E-state index < -0.39 is 35.1 Å². The van der Waals surface area contributed by atoms with Crippen LogP contribution in [0.5, 0.6) is 0 Å². The fraction of sp³-hybridized carbons (Fsp3) is 0.636. The molecule has 1 saturated heterocycles. The van der Waals surface area contributed by atoms with Crippen LogP contribution in [-0.2, 0) is 25.4 Å². The molecule has 40 heavy (non-hydrogen) atoms. The summed E-state index contributed by atoms with van der Waals surface area (Å²) in [4.78, 5) is 28.3. The molecule has 0 radical (unpaired) electrons. The van der Waals surface area contributed by atoms with Gasteiger partial charge in [0.05, 0.1) is 18.1 Å². The third kappa shape index (κ3) is 3.34. The van der Waals surface area contributed by atoms with Crippen LogP contribution in [0.2, 0.25) is 0 Å². The van der Waals surface area contributed by atoms with Crippen LogP contribution in [0, 0.1) is 34.5 Å². The molecule has 2 saturated carbocycles. The zero-order valence-corrected chi connectivity index (χ0v) is 24.3. The molecule has 3 fully saturated rings. The Bertz CT molecular complexity index is 1360. The van der Waals surface area contributed by atoms with Gasteiger partial charge in [0.2, 0.25) is 0 Å². The number of nitrogens with one attached hydrogen (secondary N) is 1. The van der Waals surface area contributed by atoms with Gasteiger partial charge >= 0.3 is 6.09 Å². The summed E-state index contributed by atoms with van der Waals surface area (Å²) in [6.45, 7) is 12.3. The number of fused-ring (bicyclic) bond motifs is 6. The summed E-state index contributed by atoms with van der Waals surface area (Å²) in [7, 11) is 0. The van der Waals surface area contributed by atoms with E-state index in [1.807, 2.05) is 51.1 Å². The van der Waals surface area contributed by atoms with Gasteiger partial charge in [-0.2, -0.15) is 0 Å². The van der Waals surface area contributed by atoms with Crippen LogP contribution in [0.1, 0.15) is 71.6 Å². The fourth-order valence-electron chi connectivity index (χ4n) is 9.29. The van der Waals surface area contributed by atoms with Crippen molar-refractivity contribution in [2.45, 2.75) is 90.4 Å². The van der Waals surface area contributed by atoms with Crippen molar-refractivity contribution in [3.8, 4) is 0 Å². The Balaban J connectivity index is 1.29. The number of amides is 1. The number of allylic oxidation sites excluding steroid dienone is 1. The zero-order chi connectivity index (χ0) is 28.4. The summed E-state index contributed by atoms with van der Waals surface area (Å²) < 4.78 is 18.7. The number of hydrogen-bond acceptors (Lipinski definition) is 6. The fourth-order valence-corrected chi connectivity index (χ4v) is 9.29. The maximum atomic E-state index is 14.8. The minimum absolute atomic E-state index is 0.0134. The van der Waals surface area contributed by atoms with Crippen LogP contribution in [0.15, 0.2) is 47.6 Å². The molecule has 7 rings (SSSR count). The van der Waals surface area contributed by atoms with Gasteiger partial charge in [0.25, 0.3) is 0 Å². The predicted octanol–water partition coefficient (Wildman–Crippen LogP) is 5.03. The second kappa shape index (κ2) is 8.30. The molecule has 1 unspecified atom stereocenters. The highest BCUT2D eigenvalue weighted by molar-refractivity contribution is 5.95. The maximum absolute atomic E-state index is 14.8. The van der Waals surface area contributed by atoms with E-state index in [4.69, 9.17) is 14.2 Å². The molecule has 5 aliphatic carbocycles. The number of ether oxygens (including phenoxy) is 3. The van der Waals surface area contributed by atoms with Crippen LogP contribution in [0.3, 0.4) is 0 Å². The number of Topliss-reactive ketones (excluding diaryl/α,β-unsaturated/α-hetero) is 1. The van der Waals surface area contributed by atoms with E-state index in [9.17, 15) is 14.7 Å². The van der Waals surface area contributed by atoms with Gasteiger partial charge in [-0.05, 0) is 85.5 Å². The lowest BCUT2D eigenvalue weighted by Gasteiger charge is -2.52.